The fourth-order valence-corrected chi connectivity index (χ4v) is 1.68. The van der Waals surface area contributed by atoms with Gasteiger partial charge in [0, 0.05) is 0 Å². The van der Waals surface area contributed by atoms with Crippen molar-refractivity contribution in [2.75, 3.05) is 12.5 Å². The number of hydrogen-bond donors (Lipinski definition) is 1. The average molecular weight is 160 g/mol. The third-order valence-electron chi connectivity index (χ3n) is 2.17. The maximum Gasteiger partial charge on any atom is 0.0892 e. The molecule has 0 heterocycles. The van der Waals surface area contributed by atoms with Crippen LogP contribution in [0.4, 0.5) is 0 Å². The van der Waals surface area contributed by atoms with Crippen LogP contribution in [0.3, 0.4) is 0 Å². The fourth-order valence-electron chi connectivity index (χ4n) is 1.57. The van der Waals surface area contributed by atoms with E-state index in [0.29, 0.717) is 5.94 Å². The van der Waals surface area contributed by atoms with Crippen LogP contribution < -0.4 is 0 Å². The van der Waals surface area contributed by atoms with Crippen molar-refractivity contribution in [2.24, 2.45) is 5.92 Å². The summed E-state index contributed by atoms with van der Waals surface area (Å²) in [5.74, 6) is 1.41. The summed E-state index contributed by atoms with van der Waals surface area (Å²) in [4.78, 5) is 0. The second-order valence-corrected chi connectivity index (χ2v) is 3.26. The zero-order valence-corrected chi connectivity index (χ0v) is 7.28. The van der Waals surface area contributed by atoms with E-state index >= 15 is 0 Å². The predicted octanol–water partition coefficient (Wildman–Crippen LogP) is 2.47. The fraction of sp³-hybridized carbons (Fsp3) is 1.00. The molecule has 1 aliphatic carbocycles. The molecule has 0 bridgehead atoms. The van der Waals surface area contributed by atoms with Gasteiger partial charge in [-0.25, -0.2) is 0 Å². The molecule has 0 aromatic carbocycles. The minimum absolute atomic E-state index is 0.580. The molecule has 0 N–H and O–H groups in total. The quantitative estimate of drug-likeness (QED) is 0.493. The summed E-state index contributed by atoms with van der Waals surface area (Å²) in [6.45, 7) is 0.934. The first-order valence-electron chi connectivity index (χ1n) is 4.12. The van der Waals surface area contributed by atoms with Crippen LogP contribution in [-0.4, -0.2) is 12.5 Å². The normalized spacial score (nSPS) is 21.3. The molecule has 0 radical (unpaired) electrons. The van der Waals surface area contributed by atoms with E-state index in [4.69, 9.17) is 4.74 Å². The van der Waals surface area contributed by atoms with Crippen molar-refractivity contribution in [2.45, 2.75) is 32.1 Å². The van der Waals surface area contributed by atoms with Crippen LogP contribution in [-0.2, 0) is 4.74 Å². The Kier molecular flexibility index (Phi) is 4.23. The number of hydrogen-bond acceptors (Lipinski definition) is 2. The molecule has 0 aliphatic heterocycles. The second kappa shape index (κ2) is 5.03. The molecule has 1 nitrogen and oxygen atoms in total. The highest BCUT2D eigenvalue weighted by molar-refractivity contribution is 7.80. The topological polar surface area (TPSA) is 9.23 Å². The van der Waals surface area contributed by atoms with Gasteiger partial charge in [0.1, 0.15) is 0 Å². The highest BCUT2D eigenvalue weighted by Crippen LogP contribution is 2.23. The van der Waals surface area contributed by atoms with Crippen molar-refractivity contribution in [1.29, 1.82) is 0 Å². The Hall–Kier alpha value is 0.310. The lowest BCUT2D eigenvalue weighted by atomic mass is 9.90. The SMILES string of the molecule is SCOCC1CCCCC1. The van der Waals surface area contributed by atoms with Gasteiger partial charge in [0.2, 0.25) is 0 Å². The van der Waals surface area contributed by atoms with Crippen molar-refractivity contribution < 1.29 is 4.74 Å². The third-order valence-corrected chi connectivity index (χ3v) is 2.35. The molecule has 0 saturated heterocycles. The highest BCUT2D eigenvalue weighted by Gasteiger charge is 2.12. The number of thiol groups is 1. The molecule has 0 amide bonds. The van der Waals surface area contributed by atoms with E-state index in [9.17, 15) is 0 Å². The molecule has 1 rings (SSSR count). The lowest BCUT2D eigenvalue weighted by Crippen LogP contribution is -2.12. The van der Waals surface area contributed by atoms with Crippen LogP contribution in [0.25, 0.3) is 0 Å². The standard InChI is InChI=1S/C8H16OS/c10-7-9-6-8-4-2-1-3-5-8/h8,10H,1-7H2. The van der Waals surface area contributed by atoms with Gasteiger partial charge in [-0.1, -0.05) is 19.3 Å². The maximum atomic E-state index is 5.24. The number of rotatable bonds is 3. The molecule has 0 aromatic rings. The Morgan fingerprint density at radius 2 is 1.90 bits per heavy atom. The molecule has 1 saturated carbocycles. The monoisotopic (exact) mass is 160 g/mol. The molecule has 2 heteroatoms. The van der Waals surface area contributed by atoms with E-state index < -0.39 is 0 Å². The van der Waals surface area contributed by atoms with Crippen LogP contribution in [0.5, 0.6) is 0 Å². The van der Waals surface area contributed by atoms with Gasteiger partial charge in [-0.2, -0.15) is 12.6 Å². The Morgan fingerprint density at radius 3 is 2.50 bits per heavy atom. The van der Waals surface area contributed by atoms with Crippen molar-refractivity contribution >= 4 is 12.6 Å². The van der Waals surface area contributed by atoms with Gasteiger partial charge in [0.05, 0.1) is 12.5 Å². The summed E-state index contributed by atoms with van der Waals surface area (Å²) < 4.78 is 5.24. The molecule has 1 fully saturated rings. The highest BCUT2D eigenvalue weighted by atomic mass is 32.1. The zero-order valence-electron chi connectivity index (χ0n) is 6.38. The van der Waals surface area contributed by atoms with Crippen molar-refractivity contribution in [3.63, 3.8) is 0 Å². The lowest BCUT2D eigenvalue weighted by molar-refractivity contribution is 0.121. The van der Waals surface area contributed by atoms with Gasteiger partial charge in [-0.05, 0) is 18.8 Å². The van der Waals surface area contributed by atoms with E-state index in [2.05, 4.69) is 12.6 Å². The van der Waals surface area contributed by atoms with E-state index in [1.54, 1.807) is 0 Å². The Bertz CT molecular complexity index is 79.3. The van der Waals surface area contributed by atoms with Crippen LogP contribution in [0.1, 0.15) is 32.1 Å². The average Bonchev–Trinajstić information content (AvgIpc) is 2.03. The van der Waals surface area contributed by atoms with Gasteiger partial charge in [0.25, 0.3) is 0 Å². The molecular formula is C8H16OS. The molecular weight excluding hydrogens is 144 g/mol. The summed E-state index contributed by atoms with van der Waals surface area (Å²) in [5, 5.41) is 0. The van der Waals surface area contributed by atoms with Crippen LogP contribution in [0, 0.1) is 5.92 Å². The van der Waals surface area contributed by atoms with Crippen LogP contribution in [0.2, 0.25) is 0 Å². The molecule has 0 atom stereocenters. The Labute approximate surface area is 68.6 Å². The maximum absolute atomic E-state index is 5.24. The summed E-state index contributed by atoms with van der Waals surface area (Å²) in [6, 6.07) is 0. The first-order chi connectivity index (χ1) is 4.93. The van der Waals surface area contributed by atoms with Gasteiger partial charge in [-0.15, -0.1) is 0 Å². The van der Waals surface area contributed by atoms with Gasteiger partial charge >= 0.3 is 0 Å². The molecule has 1 aliphatic rings. The predicted molar refractivity (Wildman–Crippen MR) is 46.4 cm³/mol. The van der Waals surface area contributed by atoms with Crippen molar-refractivity contribution in [1.82, 2.24) is 0 Å². The van der Waals surface area contributed by atoms with Crippen LogP contribution >= 0.6 is 12.6 Å². The largest absolute Gasteiger partial charge is 0.371 e. The second-order valence-electron chi connectivity index (χ2n) is 3.00. The zero-order chi connectivity index (χ0) is 7.23. The smallest absolute Gasteiger partial charge is 0.0892 e. The molecule has 0 spiro atoms. The number of ether oxygens (including phenoxy) is 1. The van der Waals surface area contributed by atoms with E-state index in [0.717, 1.165) is 12.5 Å². The van der Waals surface area contributed by atoms with Gasteiger partial charge < -0.3 is 4.74 Å². The Morgan fingerprint density at radius 1 is 1.20 bits per heavy atom. The minimum atomic E-state index is 0.580. The summed E-state index contributed by atoms with van der Waals surface area (Å²) in [5.41, 5.74) is 0. The van der Waals surface area contributed by atoms with Crippen LogP contribution in [0.15, 0.2) is 0 Å². The summed E-state index contributed by atoms with van der Waals surface area (Å²) in [7, 11) is 0. The van der Waals surface area contributed by atoms with E-state index in [-0.39, 0.29) is 0 Å². The lowest BCUT2D eigenvalue weighted by Gasteiger charge is -2.20. The summed E-state index contributed by atoms with van der Waals surface area (Å²) in [6.07, 6.45) is 6.97. The molecule has 0 unspecified atom stereocenters. The Balaban J connectivity index is 2.02. The van der Waals surface area contributed by atoms with E-state index in [1.807, 2.05) is 0 Å². The van der Waals surface area contributed by atoms with Crippen molar-refractivity contribution in [3.05, 3.63) is 0 Å². The van der Waals surface area contributed by atoms with E-state index in [1.165, 1.54) is 32.1 Å². The molecule has 0 aromatic heterocycles. The van der Waals surface area contributed by atoms with Gasteiger partial charge in [0.15, 0.2) is 0 Å². The third kappa shape index (κ3) is 2.93. The van der Waals surface area contributed by atoms with Gasteiger partial charge in [-0.3, -0.25) is 0 Å². The first-order valence-corrected chi connectivity index (χ1v) is 4.75. The minimum Gasteiger partial charge on any atom is -0.371 e. The first kappa shape index (κ1) is 8.41. The van der Waals surface area contributed by atoms with Crippen molar-refractivity contribution in [3.8, 4) is 0 Å². The summed E-state index contributed by atoms with van der Waals surface area (Å²) >= 11 is 4.00. The molecule has 60 valence electrons. The molecule has 10 heavy (non-hydrogen) atoms.